The second-order valence-electron chi connectivity index (χ2n) is 5.99. The minimum atomic E-state index is -0.163. The zero-order valence-electron chi connectivity index (χ0n) is 14.7. The van der Waals surface area contributed by atoms with Gasteiger partial charge in [-0.15, -0.1) is 0 Å². The Morgan fingerprint density at radius 3 is 2.77 bits per heavy atom. The van der Waals surface area contributed by atoms with Gasteiger partial charge in [0, 0.05) is 13.2 Å². The molecule has 0 aliphatic heterocycles. The highest BCUT2D eigenvalue weighted by atomic mass is 35.5. The van der Waals surface area contributed by atoms with Crippen LogP contribution in [-0.2, 0) is 0 Å². The van der Waals surface area contributed by atoms with Gasteiger partial charge in [0.15, 0.2) is 5.69 Å². The Labute approximate surface area is 157 Å². The summed E-state index contributed by atoms with van der Waals surface area (Å²) in [6.45, 7) is 2.89. The summed E-state index contributed by atoms with van der Waals surface area (Å²) in [5, 5.41) is 4.92. The van der Waals surface area contributed by atoms with Crippen LogP contribution in [0.2, 0.25) is 5.02 Å². The van der Waals surface area contributed by atoms with Gasteiger partial charge < -0.3 is 9.64 Å². The van der Waals surface area contributed by atoms with Crippen molar-refractivity contribution < 1.29 is 9.53 Å². The van der Waals surface area contributed by atoms with E-state index in [2.05, 4.69) is 5.10 Å². The molecule has 0 saturated heterocycles. The molecule has 1 amide bonds. The van der Waals surface area contributed by atoms with E-state index in [1.165, 1.54) is 0 Å². The van der Waals surface area contributed by atoms with E-state index in [1.54, 1.807) is 35.0 Å². The summed E-state index contributed by atoms with van der Waals surface area (Å²) in [5.74, 6) is 0.637. The van der Waals surface area contributed by atoms with Crippen LogP contribution in [0.5, 0.6) is 5.75 Å². The Morgan fingerprint density at radius 1 is 1.19 bits per heavy atom. The number of nitrogens with zero attached hydrogens (tertiary/aromatic N) is 3. The summed E-state index contributed by atoms with van der Waals surface area (Å²) in [4.78, 5) is 14.1. The first kappa shape index (κ1) is 18.0. The minimum Gasteiger partial charge on any atom is -0.492 e. The number of likely N-dealkylation sites (N-methyl/N-ethyl adjacent to an activating group) is 1. The van der Waals surface area contributed by atoms with E-state index >= 15 is 0 Å². The fourth-order valence-electron chi connectivity index (χ4n) is 2.51. The number of rotatable bonds is 6. The minimum absolute atomic E-state index is 0.163. The number of carbonyl (C=O) groups is 1. The third-order valence-corrected chi connectivity index (χ3v) is 4.26. The number of hydrogen-bond donors (Lipinski definition) is 0. The Morgan fingerprint density at radius 2 is 2.00 bits per heavy atom. The maximum Gasteiger partial charge on any atom is 0.274 e. The molecular formula is C20H20ClN3O2. The molecule has 6 heteroatoms. The topological polar surface area (TPSA) is 47.4 Å². The Kier molecular flexibility index (Phi) is 5.58. The van der Waals surface area contributed by atoms with Crippen molar-refractivity contribution in [3.05, 3.63) is 77.1 Å². The summed E-state index contributed by atoms with van der Waals surface area (Å²) in [6, 6.07) is 16.9. The van der Waals surface area contributed by atoms with E-state index in [0.29, 0.717) is 23.9 Å². The average Bonchev–Trinajstić information content (AvgIpc) is 3.11. The van der Waals surface area contributed by atoms with Gasteiger partial charge in [-0.25, -0.2) is 4.68 Å². The van der Waals surface area contributed by atoms with E-state index in [4.69, 9.17) is 16.3 Å². The molecule has 0 aliphatic rings. The number of aryl methyl sites for hydroxylation is 1. The molecule has 26 heavy (non-hydrogen) atoms. The normalized spacial score (nSPS) is 10.6. The maximum atomic E-state index is 12.5. The molecule has 0 radical (unpaired) electrons. The first-order valence-electron chi connectivity index (χ1n) is 8.30. The van der Waals surface area contributed by atoms with Crippen molar-refractivity contribution in [1.82, 2.24) is 14.7 Å². The van der Waals surface area contributed by atoms with Crippen molar-refractivity contribution in [2.45, 2.75) is 6.92 Å². The fraction of sp³-hybridized carbons (Fsp3) is 0.200. The first-order chi connectivity index (χ1) is 12.5. The van der Waals surface area contributed by atoms with Crippen LogP contribution in [0.15, 0.2) is 60.8 Å². The Bertz CT molecular complexity index is 907. The van der Waals surface area contributed by atoms with Gasteiger partial charge in [-0.05, 0) is 42.8 Å². The number of para-hydroxylation sites is 1. The van der Waals surface area contributed by atoms with Gasteiger partial charge in [0.1, 0.15) is 12.4 Å². The zero-order valence-corrected chi connectivity index (χ0v) is 15.5. The monoisotopic (exact) mass is 369 g/mol. The molecule has 5 nitrogen and oxygen atoms in total. The van der Waals surface area contributed by atoms with E-state index in [1.807, 2.05) is 49.4 Å². The van der Waals surface area contributed by atoms with Gasteiger partial charge in [-0.3, -0.25) is 4.79 Å². The van der Waals surface area contributed by atoms with Crippen LogP contribution in [0.4, 0.5) is 0 Å². The van der Waals surface area contributed by atoms with Gasteiger partial charge >= 0.3 is 0 Å². The molecule has 0 bridgehead atoms. The van der Waals surface area contributed by atoms with E-state index in [9.17, 15) is 4.79 Å². The van der Waals surface area contributed by atoms with Gasteiger partial charge in [-0.1, -0.05) is 35.9 Å². The van der Waals surface area contributed by atoms with E-state index in [-0.39, 0.29) is 5.91 Å². The van der Waals surface area contributed by atoms with Gasteiger partial charge in [0.25, 0.3) is 5.91 Å². The number of halogens is 1. The largest absolute Gasteiger partial charge is 0.492 e. The molecule has 0 aliphatic carbocycles. The molecular weight excluding hydrogens is 350 g/mol. The van der Waals surface area contributed by atoms with Crippen LogP contribution < -0.4 is 4.74 Å². The highest BCUT2D eigenvalue weighted by Crippen LogP contribution is 2.19. The van der Waals surface area contributed by atoms with Crippen LogP contribution in [0.25, 0.3) is 5.69 Å². The highest BCUT2D eigenvalue weighted by Gasteiger charge is 2.15. The quantitative estimate of drug-likeness (QED) is 0.660. The predicted molar refractivity (Wildman–Crippen MR) is 102 cm³/mol. The number of carbonyl (C=O) groups excluding carboxylic acids is 1. The third-order valence-electron chi connectivity index (χ3n) is 3.94. The van der Waals surface area contributed by atoms with Crippen molar-refractivity contribution in [2.24, 2.45) is 0 Å². The number of aromatic nitrogens is 2. The fourth-order valence-corrected chi connectivity index (χ4v) is 2.73. The Hall–Kier alpha value is -2.79. The SMILES string of the molecule is Cc1cccc(OCCN(C)C(=O)c2ccn(-c3ccccc3Cl)n2)c1. The maximum absolute atomic E-state index is 12.5. The summed E-state index contributed by atoms with van der Waals surface area (Å²) >= 11 is 6.18. The standard InChI is InChI=1S/C20H20ClN3O2/c1-15-6-5-7-16(14-15)26-13-12-23(2)20(25)18-10-11-24(22-18)19-9-4-3-8-17(19)21/h3-11,14H,12-13H2,1-2H3. The van der Waals surface area contributed by atoms with Crippen molar-refractivity contribution >= 4 is 17.5 Å². The molecule has 3 rings (SSSR count). The lowest BCUT2D eigenvalue weighted by Gasteiger charge is -2.16. The van der Waals surface area contributed by atoms with Crippen LogP contribution in [0.1, 0.15) is 16.1 Å². The van der Waals surface area contributed by atoms with Crippen molar-refractivity contribution in [2.75, 3.05) is 20.2 Å². The second-order valence-corrected chi connectivity index (χ2v) is 6.40. The van der Waals surface area contributed by atoms with E-state index < -0.39 is 0 Å². The molecule has 2 aromatic carbocycles. The van der Waals surface area contributed by atoms with Gasteiger partial charge in [0.05, 0.1) is 17.3 Å². The molecule has 134 valence electrons. The molecule has 0 unspecified atom stereocenters. The number of amides is 1. The summed E-state index contributed by atoms with van der Waals surface area (Å²) in [6.07, 6.45) is 1.73. The molecule has 1 aromatic heterocycles. The molecule has 0 atom stereocenters. The summed E-state index contributed by atoms with van der Waals surface area (Å²) in [7, 11) is 1.73. The smallest absolute Gasteiger partial charge is 0.274 e. The predicted octanol–water partition coefficient (Wildman–Crippen LogP) is 3.99. The molecule has 0 N–H and O–H groups in total. The number of benzene rings is 2. The first-order valence-corrected chi connectivity index (χ1v) is 8.68. The second kappa shape index (κ2) is 8.06. The average molecular weight is 370 g/mol. The third kappa shape index (κ3) is 4.24. The number of hydrogen-bond acceptors (Lipinski definition) is 3. The van der Waals surface area contributed by atoms with Gasteiger partial charge in [0.2, 0.25) is 0 Å². The zero-order chi connectivity index (χ0) is 18.5. The molecule has 0 saturated carbocycles. The highest BCUT2D eigenvalue weighted by molar-refractivity contribution is 6.32. The van der Waals surface area contributed by atoms with Crippen LogP contribution in [-0.4, -0.2) is 40.8 Å². The van der Waals surface area contributed by atoms with Crippen LogP contribution in [0.3, 0.4) is 0 Å². The molecule has 0 fully saturated rings. The van der Waals surface area contributed by atoms with Crippen molar-refractivity contribution in [1.29, 1.82) is 0 Å². The molecule has 1 heterocycles. The summed E-state index contributed by atoms with van der Waals surface area (Å²) in [5.41, 5.74) is 2.23. The van der Waals surface area contributed by atoms with Gasteiger partial charge in [-0.2, -0.15) is 5.10 Å². The van der Waals surface area contributed by atoms with Crippen molar-refractivity contribution in [3.8, 4) is 11.4 Å². The lowest BCUT2D eigenvalue weighted by atomic mass is 10.2. The van der Waals surface area contributed by atoms with Crippen LogP contribution in [0, 0.1) is 6.92 Å². The van der Waals surface area contributed by atoms with Crippen molar-refractivity contribution in [3.63, 3.8) is 0 Å². The lowest BCUT2D eigenvalue weighted by molar-refractivity contribution is 0.0767. The van der Waals surface area contributed by atoms with Crippen LogP contribution >= 0.6 is 11.6 Å². The Balaban J connectivity index is 1.59. The van der Waals surface area contributed by atoms with E-state index in [0.717, 1.165) is 17.0 Å². The molecule has 0 spiro atoms. The number of ether oxygens (including phenoxy) is 1. The molecule has 3 aromatic rings. The summed E-state index contributed by atoms with van der Waals surface area (Å²) < 4.78 is 7.30. The lowest BCUT2D eigenvalue weighted by Crippen LogP contribution is -2.31.